The van der Waals surface area contributed by atoms with Crippen LogP contribution in [0.4, 0.5) is 0 Å². The van der Waals surface area contributed by atoms with Gasteiger partial charge in [0.15, 0.2) is 0 Å². The topological polar surface area (TPSA) is 81.7 Å². The predicted molar refractivity (Wildman–Crippen MR) is 140 cm³/mol. The summed E-state index contributed by atoms with van der Waals surface area (Å²) in [6.07, 6.45) is 1.16. The molecule has 3 rings (SSSR count). The molecule has 0 aliphatic carbocycles. The van der Waals surface area contributed by atoms with Gasteiger partial charge in [-0.25, -0.2) is 4.79 Å². The maximum absolute atomic E-state index is 12.9. The minimum atomic E-state index is -1.11. The molecule has 0 aromatic heterocycles. The molecule has 0 bridgehead atoms. The number of rotatable bonds is 12. The second kappa shape index (κ2) is 13.5. The Morgan fingerprint density at radius 3 is 2.06 bits per heavy atom. The number of hydrogen-bond donors (Lipinski definition) is 1. The summed E-state index contributed by atoms with van der Waals surface area (Å²) in [4.78, 5) is 36.6. The monoisotopic (exact) mass is 491 g/mol. The normalized spacial score (nSPS) is 10.7. The first-order valence-electron chi connectivity index (χ1n) is 11.5. The van der Waals surface area contributed by atoms with E-state index in [9.17, 15) is 14.4 Å². The average Bonchev–Trinajstić information content (AvgIpc) is 2.88. The Hall–Kier alpha value is -3.34. The van der Waals surface area contributed by atoms with Crippen molar-refractivity contribution in [2.24, 2.45) is 0 Å². The molecule has 0 fully saturated rings. The van der Waals surface area contributed by atoms with Crippen LogP contribution in [0.15, 0.2) is 78.9 Å². The fraction of sp³-hybridized carbons (Fsp3) is 0.250. The Labute approximate surface area is 207 Å². The first-order valence-corrected chi connectivity index (χ1v) is 12.8. The van der Waals surface area contributed by atoms with Crippen LogP contribution in [0.5, 0.6) is 0 Å². The lowest BCUT2D eigenvalue weighted by Gasteiger charge is -2.22. The van der Waals surface area contributed by atoms with Gasteiger partial charge in [-0.3, -0.25) is 4.79 Å². The summed E-state index contributed by atoms with van der Waals surface area (Å²) in [5.41, 5.74) is 0.903. The molecule has 3 aromatic rings. The largest absolute Gasteiger partial charge is 0.465 e. The molecule has 3 aromatic carbocycles. The molecule has 0 radical (unpaired) electrons. The summed E-state index contributed by atoms with van der Waals surface area (Å²) in [5, 5.41) is 5.76. The van der Waals surface area contributed by atoms with Gasteiger partial charge in [0.25, 0.3) is 5.91 Å². The van der Waals surface area contributed by atoms with Crippen molar-refractivity contribution < 1.29 is 23.9 Å². The van der Waals surface area contributed by atoms with Crippen LogP contribution in [0.25, 0.3) is 0 Å². The summed E-state index contributed by atoms with van der Waals surface area (Å²) in [5.74, 6) is -0.546. The van der Waals surface area contributed by atoms with Gasteiger partial charge >= 0.3 is 5.97 Å². The zero-order valence-electron chi connectivity index (χ0n) is 20.0. The lowest BCUT2D eigenvalue weighted by atomic mass is 10.1. The third-order valence-electron chi connectivity index (χ3n) is 5.28. The van der Waals surface area contributed by atoms with E-state index in [-0.39, 0.29) is 11.7 Å². The number of carbonyl (C=O) groups is 3. The van der Waals surface area contributed by atoms with E-state index in [1.165, 1.54) is 7.11 Å². The van der Waals surface area contributed by atoms with E-state index < -0.39 is 13.9 Å². The fourth-order valence-corrected chi connectivity index (χ4v) is 6.06. The van der Waals surface area contributed by atoms with E-state index in [1.54, 1.807) is 25.1 Å². The molecule has 0 aliphatic heterocycles. The lowest BCUT2D eigenvalue weighted by Crippen LogP contribution is -2.30. The van der Waals surface area contributed by atoms with Gasteiger partial charge in [-0.15, -0.1) is 0 Å². The Morgan fingerprint density at radius 1 is 0.857 bits per heavy atom. The second-order valence-corrected chi connectivity index (χ2v) is 10.1. The molecule has 1 N–H and O–H groups in total. The average molecular weight is 492 g/mol. The number of ether oxygens (including phenoxy) is 2. The van der Waals surface area contributed by atoms with Crippen LogP contribution in [0.2, 0.25) is 0 Å². The fourth-order valence-electron chi connectivity index (χ4n) is 3.59. The molecule has 1 amide bonds. The number of carbonyl (C=O) groups excluding carboxylic acids is 3. The smallest absolute Gasteiger partial charge is 0.338 e. The van der Waals surface area contributed by atoms with Gasteiger partial charge in [-0.1, -0.05) is 60.7 Å². The molecule has 182 valence electrons. The molecule has 0 saturated carbocycles. The maximum Gasteiger partial charge on any atom is 0.338 e. The van der Waals surface area contributed by atoms with Crippen molar-refractivity contribution in [1.82, 2.24) is 5.32 Å². The quantitative estimate of drug-likeness (QED) is 0.239. The van der Waals surface area contributed by atoms with E-state index in [2.05, 4.69) is 5.32 Å². The summed E-state index contributed by atoms with van der Waals surface area (Å²) >= 11 is 0. The van der Waals surface area contributed by atoms with Crippen LogP contribution < -0.4 is 21.2 Å². The van der Waals surface area contributed by atoms with Crippen molar-refractivity contribution in [3.8, 4) is 0 Å². The first-order chi connectivity index (χ1) is 17.0. The van der Waals surface area contributed by atoms with Crippen LogP contribution in [0.1, 0.15) is 40.5 Å². The maximum atomic E-state index is 12.9. The van der Waals surface area contributed by atoms with Crippen molar-refractivity contribution in [2.75, 3.05) is 26.9 Å². The number of hydrogen-bond acceptors (Lipinski definition) is 5. The van der Waals surface area contributed by atoms with Crippen LogP contribution in [0, 0.1) is 0 Å². The van der Waals surface area contributed by atoms with Crippen molar-refractivity contribution >= 4 is 41.5 Å². The standard InChI is InChI=1S/C28H30NO5P/c1-21(30)10-9-18-34-19-17-29-27(31)22-15-16-25(28(32)33-2)26(20-22)35(23-11-5-3-6-12-23)24-13-7-4-8-14-24/h3-8,11-16,20H,9-10,17-19H2,1-2H3,(H,29,31). The van der Waals surface area contributed by atoms with Crippen LogP contribution >= 0.6 is 7.92 Å². The van der Waals surface area contributed by atoms with E-state index in [0.717, 1.165) is 15.9 Å². The molecule has 35 heavy (non-hydrogen) atoms. The van der Waals surface area contributed by atoms with Crippen molar-refractivity contribution in [3.05, 3.63) is 90.0 Å². The Balaban J connectivity index is 1.85. The number of nitrogens with one attached hydrogen (secondary N) is 1. The highest BCUT2D eigenvalue weighted by atomic mass is 31.1. The van der Waals surface area contributed by atoms with E-state index >= 15 is 0 Å². The highest BCUT2D eigenvalue weighted by Crippen LogP contribution is 2.34. The SMILES string of the molecule is COC(=O)c1ccc(C(=O)NCCOCCCC(C)=O)cc1P(c1ccccc1)c1ccccc1. The highest BCUT2D eigenvalue weighted by Gasteiger charge is 2.24. The molecular weight excluding hydrogens is 461 g/mol. The first kappa shape index (κ1) is 26.3. The molecule has 6 nitrogen and oxygen atoms in total. The molecule has 0 heterocycles. The van der Waals surface area contributed by atoms with Gasteiger partial charge in [0.2, 0.25) is 0 Å². The predicted octanol–water partition coefficient (Wildman–Crippen LogP) is 3.35. The minimum absolute atomic E-state index is 0.138. The number of Topliss-reactive ketones (excluding diaryl/α,β-unsaturated/α-hetero) is 1. The van der Waals surface area contributed by atoms with Crippen LogP contribution in [0.3, 0.4) is 0 Å². The molecular formula is C28H30NO5P. The van der Waals surface area contributed by atoms with E-state index in [0.29, 0.717) is 43.7 Å². The molecule has 0 unspecified atom stereocenters. The molecule has 7 heteroatoms. The number of ketones is 1. The van der Waals surface area contributed by atoms with Crippen molar-refractivity contribution in [3.63, 3.8) is 0 Å². The third kappa shape index (κ3) is 7.57. The lowest BCUT2D eigenvalue weighted by molar-refractivity contribution is -0.117. The third-order valence-corrected chi connectivity index (χ3v) is 7.77. The number of esters is 1. The summed E-state index contributed by atoms with van der Waals surface area (Å²) in [6.45, 7) is 2.74. The Kier molecular flexibility index (Phi) is 10.1. The van der Waals surface area contributed by atoms with Crippen molar-refractivity contribution in [2.45, 2.75) is 19.8 Å². The van der Waals surface area contributed by atoms with Crippen LogP contribution in [-0.2, 0) is 14.3 Å². The molecule has 0 aliphatic rings. The minimum Gasteiger partial charge on any atom is -0.465 e. The van der Waals surface area contributed by atoms with E-state index in [4.69, 9.17) is 9.47 Å². The summed E-state index contributed by atoms with van der Waals surface area (Å²) in [7, 11) is 0.250. The van der Waals surface area contributed by atoms with Crippen LogP contribution in [-0.4, -0.2) is 44.5 Å². The summed E-state index contributed by atoms with van der Waals surface area (Å²) < 4.78 is 10.5. The number of benzene rings is 3. The molecule has 0 saturated heterocycles. The zero-order chi connectivity index (χ0) is 25.0. The van der Waals surface area contributed by atoms with Gasteiger partial charge in [0.05, 0.1) is 19.3 Å². The molecule has 0 spiro atoms. The second-order valence-electron chi connectivity index (χ2n) is 7.90. The van der Waals surface area contributed by atoms with Crippen molar-refractivity contribution in [1.29, 1.82) is 0 Å². The Bertz CT molecular complexity index is 1100. The summed E-state index contributed by atoms with van der Waals surface area (Å²) in [6, 6.07) is 25.0. The zero-order valence-corrected chi connectivity index (χ0v) is 20.9. The van der Waals surface area contributed by atoms with Gasteiger partial charge < -0.3 is 19.6 Å². The van der Waals surface area contributed by atoms with Gasteiger partial charge in [0, 0.05) is 30.4 Å². The van der Waals surface area contributed by atoms with Gasteiger partial charge in [0.1, 0.15) is 5.78 Å². The molecule has 0 atom stereocenters. The Morgan fingerprint density at radius 2 is 1.49 bits per heavy atom. The van der Waals surface area contributed by atoms with Gasteiger partial charge in [-0.2, -0.15) is 0 Å². The van der Waals surface area contributed by atoms with E-state index in [1.807, 2.05) is 60.7 Å². The van der Waals surface area contributed by atoms with Gasteiger partial charge in [-0.05, 0) is 50.1 Å². The number of amides is 1. The highest BCUT2D eigenvalue weighted by molar-refractivity contribution is 7.80. The number of methoxy groups -OCH3 is 1.